The van der Waals surface area contributed by atoms with E-state index in [1.54, 1.807) is 24.3 Å². The molecule has 5 rings (SSSR count). The van der Waals surface area contributed by atoms with Gasteiger partial charge in [-0.15, -0.1) is 0 Å². The first-order valence-corrected chi connectivity index (χ1v) is 15.5. The molecule has 0 saturated carbocycles. The van der Waals surface area contributed by atoms with Gasteiger partial charge in [0.05, 0.1) is 6.04 Å². The number of aliphatic carboxylic acids is 1. The Bertz CT molecular complexity index is 1440. The van der Waals surface area contributed by atoms with Crippen LogP contribution in [-0.4, -0.2) is 99.6 Å². The highest BCUT2D eigenvalue weighted by Gasteiger charge is 2.35. The first-order valence-electron chi connectivity index (χ1n) is 15.5. The van der Waals surface area contributed by atoms with Gasteiger partial charge >= 0.3 is 5.97 Å². The van der Waals surface area contributed by atoms with Crippen molar-refractivity contribution < 1.29 is 24.2 Å². The molecule has 3 atom stereocenters. The summed E-state index contributed by atoms with van der Waals surface area (Å²) in [4.78, 5) is 33.4. The molecule has 44 heavy (non-hydrogen) atoms. The van der Waals surface area contributed by atoms with E-state index in [9.17, 15) is 19.1 Å². The fourth-order valence-electron chi connectivity index (χ4n) is 6.60. The lowest BCUT2D eigenvalue weighted by molar-refractivity contribution is -0.137. The lowest BCUT2D eigenvalue weighted by atomic mass is 9.92. The molecule has 3 aromatic carbocycles. The Kier molecular flexibility index (Phi) is 10.3. The Morgan fingerprint density at radius 2 is 1.59 bits per heavy atom. The van der Waals surface area contributed by atoms with Gasteiger partial charge in [0, 0.05) is 69.9 Å². The van der Waals surface area contributed by atoms with Crippen LogP contribution in [0, 0.1) is 5.82 Å². The number of hydrogen-bond acceptors (Lipinski definition) is 6. The molecule has 0 aromatic heterocycles. The quantitative estimate of drug-likeness (QED) is 0.344. The van der Waals surface area contributed by atoms with E-state index in [0.29, 0.717) is 31.6 Å². The first kappa shape index (κ1) is 31.6. The third kappa shape index (κ3) is 7.83. The largest absolute Gasteiger partial charge is 0.508 e. The molecule has 2 heterocycles. The molecule has 234 valence electrons. The molecule has 2 aliphatic heterocycles. The molecule has 2 aliphatic rings. The zero-order chi connectivity index (χ0) is 31.2. The summed E-state index contributed by atoms with van der Waals surface area (Å²) in [6, 6.07) is 22.2. The maximum absolute atomic E-state index is 13.9. The predicted octanol–water partition coefficient (Wildman–Crippen LogP) is 4.84. The summed E-state index contributed by atoms with van der Waals surface area (Å²) >= 11 is 0. The van der Waals surface area contributed by atoms with Crippen LogP contribution in [0.15, 0.2) is 72.8 Å². The van der Waals surface area contributed by atoms with Crippen LogP contribution < -0.4 is 0 Å². The number of halogens is 1. The molecule has 2 saturated heterocycles. The number of carboxylic acid groups (broad SMARTS) is 1. The predicted molar refractivity (Wildman–Crippen MR) is 168 cm³/mol. The Morgan fingerprint density at radius 3 is 2.30 bits per heavy atom. The van der Waals surface area contributed by atoms with Crippen molar-refractivity contribution >= 4 is 11.9 Å². The van der Waals surface area contributed by atoms with Crippen molar-refractivity contribution in [3.63, 3.8) is 0 Å². The average Bonchev–Trinajstić information content (AvgIpc) is 3.00. The van der Waals surface area contributed by atoms with E-state index in [4.69, 9.17) is 5.11 Å². The van der Waals surface area contributed by atoms with Gasteiger partial charge in [0.1, 0.15) is 11.6 Å². The van der Waals surface area contributed by atoms with Crippen molar-refractivity contribution in [1.82, 2.24) is 19.6 Å². The van der Waals surface area contributed by atoms with Gasteiger partial charge < -0.3 is 15.1 Å². The molecule has 2 fully saturated rings. The number of nitrogens with zero attached hydrogens (tertiary/aromatic N) is 4. The minimum absolute atomic E-state index is 0.00646. The van der Waals surface area contributed by atoms with Crippen molar-refractivity contribution in [1.29, 1.82) is 0 Å². The molecule has 0 spiro atoms. The molecule has 1 amide bonds. The summed E-state index contributed by atoms with van der Waals surface area (Å²) in [5.74, 6) is -0.811. The van der Waals surface area contributed by atoms with Crippen molar-refractivity contribution in [3.05, 3.63) is 101 Å². The van der Waals surface area contributed by atoms with Gasteiger partial charge in [-0.2, -0.15) is 0 Å². The van der Waals surface area contributed by atoms with E-state index in [1.165, 1.54) is 6.07 Å². The number of benzene rings is 3. The summed E-state index contributed by atoms with van der Waals surface area (Å²) in [5.41, 5.74) is 3.54. The van der Waals surface area contributed by atoms with E-state index >= 15 is 0 Å². The zero-order valence-electron chi connectivity index (χ0n) is 25.6. The van der Waals surface area contributed by atoms with Crippen LogP contribution in [0.5, 0.6) is 5.75 Å². The second-order valence-electron chi connectivity index (χ2n) is 12.2. The monoisotopic (exact) mass is 602 g/mol. The topological polar surface area (TPSA) is 87.6 Å². The lowest BCUT2D eigenvalue weighted by Gasteiger charge is -2.47. The number of carbonyl (C=O) groups excluding carboxylic acids is 1. The molecule has 0 aliphatic carbocycles. The Balaban J connectivity index is 1.33. The van der Waals surface area contributed by atoms with E-state index < -0.39 is 5.97 Å². The fraction of sp³-hybridized carbons (Fsp3) is 0.429. The highest BCUT2D eigenvalue weighted by molar-refractivity contribution is 5.94. The van der Waals surface area contributed by atoms with Gasteiger partial charge in [0.25, 0.3) is 5.91 Å². The Hall–Kier alpha value is -3.79. The second kappa shape index (κ2) is 14.3. The first-order chi connectivity index (χ1) is 21.2. The van der Waals surface area contributed by atoms with Gasteiger partial charge in [0.15, 0.2) is 0 Å². The third-order valence-corrected chi connectivity index (χ3v) is 8.93. The number of phenolic OH excluding ortho intramolecular Hbond substituents is 1. The van der Waals surface area contributed by atoms with Crippen molar-refractivity contribution in [2.75, 3.05) is 45.8 Å². The molecule has 3 aromatic rings. The molecular weight excluding hydrogens is 559 g/mol. The number of aromatic hydroxyl groups is 1. The number of amides is 1. The van der Waals surface area contributed by atoms with Gasteiger partial charge in [-0.25, -0.2) is 4.39 Å². The summed E-state index contributed by atoms with van der Waals surface area (Å²) in [6.07, 6.45) is 0.767. The summed E-state index contributed by atoms with van der Waals surface area (Å²) in [7, 11) is 0. The molecule has 0 unspecified atom stereocenters. The molecule has 9 heteroatoms. The summed E-state index contributed by atoms with van der Waals surface area (Å²) in [5, 5.41) is 19.3. The number of carboxylic acids is 1. The smallest absolute Gasteiger partial charge is 0.303 e. The summed E-state index contributed by atoms with van der Waals surface area (Å²) < 4.78 is 13.9. The highest BCUT2D eigenvalue weighted by Crippen LogP contribution is 2.35. The number of carbonyl (C=O) groups is 2. The molecule has 8 nitrogen and oxygen atoms in total. The van der Waals surface area contributed by atoms with E-state index in [1.807, 2.05) is 41.3 Å². The Morgan fingerprint density at radius 1 is 0.886 bits per heavy atom. The molecule has 0 bridgehead atoms. The lowest BCUT2D eigenvalue weighted by Crippen LogP contribution is -2.56. The Labute approximate surface area is 259 Å². The third-order valence-electron chi connectivity index (χ3n) is 8.93. The second-order valence-corrected chi connectivity index (χ2v) is 12.2. The average molecular weight is 603 g/mol. The molecule has 2 N–H and O–H groups in total. The van der Waals surface area contributed by atoms with E-state index in [2.05, 4.69) is 34.6 Å². The fourth-order valence-corrected chi connectivity index (χ4v) is 6.60. The van der Waals surface area contributed by atoms with Gasteiger partial charge in [-0.1, -0.05) is 36.4 Å². The van der Waals surface area contributed by atoms with Crippen molar-refractivity contribution in [3.8, 4) is 5.75 Å². The van der Waals surface area contributed by atoms with Crippen LogP contribution in [0.3, 0.4) is 0 Å². The van der Waals surface area contributed by atoms with Crippen LogP contribution in [0.1, 0.15) is 59.8 Å². The highest BCUT2D eigenvalue weighted by atomic mass is 19.1. The standard InChI is InChI=1S/C35H43FN4O4/c1-25-23-40(26(2)22-39(25)24-27-7-3-11-31(36)19-27)34(29-9-5-12-32(41)21-29)28-8-4-10-30(20-28)35(44)38-17-15-37(16-18-38)14-6-13-33(42)43/h3-5,7-12,19-21,25-26,34,41H,6,13-18,22-24H2,1-2H3,(H,42,43)/t25-,26+,34-/m1/s1. The minimum atomic E-state index is -0.780. The maximum Gasteiger partial charge on any atom is 0.303 e. The van der Waals surface area contributed by atoms with Crippen LogP contribution in [0.25, 0.3) is 0 Å². The number of hydrogen-bond donors (Lipinski definition) is 2. The van der Waals surface area contributed by atoms with Crippen molar-refractivity contribution in [2.24, 2.45) is 0 Å². The number of phenols is 1. The normalized spacial score (nSPS) is 20.8. The van der Waals surface area contributed by atoms with Crippen LogP contribution in [0.2, 0.25) is 0 Å². The SMILES string of the molecule is C[C@@H]1CN([C@@H](c2cccc(O)c2)c2cccc(C(=O)N3CCN(CCCC(=O)O)CC3)c2)[C@@H](C)CN1Cc1cccc(F)c1. The molecule has 0 radical (unpaired) electrons. The minimum Gasteiger partial charge on any atom is -0.508 e. The zero-order valence-corrected chi connectivity index (χ0v) is 25.6. The molecular formula is C35H43FN4O4. The summed E-state index contributed by atoms with van der Waals surface area (Å²) in [6.45, 7) is 10.0. The van der Waals surface area contributed by atoms with Crippen LogP contribution in [-0.2, 0) is 11.3 Å². The van der Waals surface area contributed by atoms with Crippen molar-refractivity contribution in [2.45, 2.75) is 51.4 Å². The van der Waals surface area contributed by atoms with Crippen LogP contribution >= 0.6 is 0 Å². The maximum atomic E-state index is 13.9. The van der Waals surface area contributed by atoms with E-state index in [0.717, 1.165) is 49.4 Å². The van der Waals surface area contributed by atoms with Gasteiger partial charge in [0.2, 0.25) is 0 Å². The van der Waals surface area contributed by atoms with Gasteiger partial charge in [-0.3, -0.25) is 24.3 Å². The van der Waals surface area contributed by atoms with Crippen LogP contribution in [0.4, 0.5) is 4.39 Å². The van der Waals surface area contributed by atoms with Gasteiger partial charge in [-0.05, 0) is 79.9 Å². The number of rotatable bonds is 10. The number of piperazine rings is 2. The van der Waals surface area contributed by atoms with E-state index in [-0.39, 0.29) is 42.0 Å².